The summed E-state index contributed by atoms with van der Waals surface area (Å²) in [7, 11) is 0. The van der Waals surface area contributed by atoms with Gasteiger partial charge in [0.05, 0.1) is 11.7 Å². The fourth-order valence-corrected chi connectivity index (χ4v) is 2.71. The lowest BCUT2D eigenvalue weighted by atomic mass is 10.0. The predicted molar refractivity (Wildman–Crippen MR) is 77.7 cm³/mol. The summed E-state index contributed by atoms with van der Waals surface area (Å²) in [4.78, 5) is 0. The molecule has 1 heterocycles. The number of hydrogen-bond acceptors (Lipinski definition) is 2. The minimum absolute atomic E-state index is 0.250. The van der Waals surface area contributed by atoms with E-state index in [1.54, 1.807) is 6.20 Å². The topological polar surface area (TPSA) is 43.8 Å². The number of nitrogens with two attached hydrogens (primary N) is 1. The molecule has 5 heteroatoms. The maximum absolute atomic E-state index is 6.28. The van der Waals surface area contributed by atoms with E-state index in [0.29, 0.717) is 5.02 Å². The highest BCUT2D eigenvalue weighted by atomic mass is 79.9. The summed E-state index contributed by atoms with van der Waals surface area (Å²) < 4.78 is 2.88. The fourth-order valence-electron chi connectivity index (χ4n) is 1.92. The summed E-state index contributed by atoms with van der Waals surface area (Å²) in [5.74, 6) is 0. The van der Waals surface area contributed by atoms with Crippen molar-refractivity contribution in [2.75, 3.05) is 0 Å². The van der Waals surface area contributed by atoms with Crippen LogP contribution in [0.3, 0.4) is 0 Å². The van der Waals surface area contributed by atoms with Crippen molar-refractivity contribution in [2.24, 2.45) is 5.73 Å². The minimum atomic E-state index is -0.250. The lowest BCUT2D eigenvalue weighted by molar-refractivity contribution is 0.560. The molecule has 0 aliphatic rings. The van der Waals surface area contributed by atoms with Crippen LogP contribution in [0.5, 0.6) is 0 Å². The molecule has 0 bridgehead atoms. The SMILES string of the molecule is CCCn1nccc1C(N)c1ccc(Br)cc1Cl. The van der Waals surface area contributed by atoms with E-state index < -0.39 is 0 Å². The van der Waals surface area contributed by atoms with E-state index in [1.807, 2.05) is 28.9 Å². The van der Waals surface area contributed by atoms with E-state index in [4.69, 9.17) is 17.3 Å². The Kier molecular flexibility index (Phi) is 4.43. The van der Waals surface area contributed by atoms with Gasteiger partial charge in [-0.2, -0.15) is 5.10 Å². The summed E-state index contributed by atoms with van der Waals surface area (Å²) in [6, 6.07) is 7.44. The first-order valence-corrected chi connectivity index (χ1v) is 7.02. The fraction of sp³-hybridized carbons (Fsp3) is 0.308. The van der Waals surface area contributed by atoms with E-state index in [1.165, 1.54) is 0 Å². The van der Waals surface area contributed by atoms with Crippen LogP contribution in [-0.2, 0) is 6.54 Å². The number of aryl methyl sites for hydroxylation is 1. The quantitative estimate of drug-likeness (QED) is 0.928. The molecular formula is C13H15BrClN3. The number of aromatic nitrogens is 2. The van der Waals surface area contributed by atoms with Crippen LogP contribution < -0.4 is 5.73 Å². The molecule has 0 amide bonds. The monoisotopic (exact) mass is 327 g/mol. The van der Waals surface area contributed by atoms with Gasteiger partial charge in [-0.05, 0) is 30.2 Å². The molecule has 3 nitrogen and oxygen atoms in total. The zero-order valence-electron chi connectivity index (χ0n) is 10.1. The first kappa shape index (κ1) is 13.6. The molecule has 0 aliphatic heterocycles. The van der Waals surface area contributed by atoms with Crippen molar-refractivity contribution >= 4 is 27.5 Å². The molecule has 2 aromatic rings. The third-order valence-electron chi connectivity index (χ3n) is 2.80. The average molecular weight is 329 g/mol. The van der Waals surface area contributed by atoms with Crippen LogP contribution >= 0.6 is 27.5 Å². The van der Waals surface area contributed by atoms with E-state index in [2.05, 4.69) is 28.0 Å². The van der Waals surface area contributed by atoms with Crippen molar-refractivity contribution in [3.8, 4) is 0 Å². The number of rotatable bonds is 4. The maximum atomic E-state index is 6.28. The molecule has 1 aromatic carbocycles. The second-order valence-electron chi connectivity index (χ2n) is 4.12. The summed E-state index contributed by atoms with van der Waals surface area (Å²) in [5.41, 5.74) is 8.18. The molecule has 2 rings (SSSR count). The second-order valence-corrected chi connectivity index (χ2v) is 5.45. The number of halogens is 2. The van der Waals surface area contributed by atoms with Gasteiger partial charge in [-0.3, -0.25) is 4.68 Å². The maximum Gasteiger partial charge on any atom is 0.0737 e. The number of benzene rings is 1. The first-order valence-electron chi connectivity index (χ1n) is 5.85. The van der Waals surface area contributed by atoms with Crippen LogP contribution in [0.1, 0.15) is 30.6 Å². The average Bonchev–Trinajstić information content (AvgIpc) is 2.77. The highest BCUT2D eigenvalue weighted by molar-refractivity contribution is 9.10. The van der Waals surface area contributed by atoms with Crippen LogP contribution in [0.15, 0.2) is 34.9 Å². The van der Waals surface area contributed by atoms with Gasteiger partial charge in [-0.1, -0.05) is 40.5 Å². The lowest BCUT2D eigenvalue weighted by Gasteiger charge is -2.16. The third kappa shape index (κ3) is 2.76. The van der Waals surface area contributed by atoms with Gasteiger partial charge in [0.2, 0.25) is 0 Å². The van der Waals surface area contributed by atoms with Crippen LogP contribution in [-0.4, -0.2) is 9.78 Å². The Balaban J connectivity index is 2.35. The van der Waals surface area contributed by atoms with Crippen molar-refractivity contribution < 1.29 is 0 Å². The van der Waals surface area contributed by atoms with Gasteiger partial charge in [0, 0.05) is 22.2 Å². The standard InChI is InChI=1S/C13H15BrClN3/c1-2-7-18-12(5-6-17-18)13(16)10-4-3-9(14)8-11(10)15/h3-6,8,13H,2,7,16H2,1H3. The molecule has 0 aliphatic carbocycles. The zero-order valence-corrected chi connectivity index (χ0v) is 12.4. The molecule has 2 N–H and O–H groups in total. The normalized spacial score (nSPS) is 12.7. The van der Waals surface area contributed by atoms with Crippen LogP contribution in [0.25, 0.3) is 0 Å². The van der Waals surface area contributed by atoms with Gasteiger partial charge in [-0.25, -0.2) is 0 Å². The Morgan fingerprint density at radius 2 is 2.22 bits per heavy atom. The van der Waals surface area contributed by atoms with Gasteiger partial charge in [-0.15, -0.1) is 0 Å². The smallest absolute Gasteiger partial charge is 0.0737 e. The Labute approximate surface area is 120 Å². The Morgan fingerprint density at radius 3 is 2.89 bits per heavy atom. The van der Waals surface area contributed by atoms with E-state index in [0.717, 1.165) is 28.7 Å². The molecule has 0 saturated carbocycles. The summed E-state index contributed by atoms with van der Waals surface area (Å²) in [6.45, 7) is 2.98. The zero-order chi connectivity index (χ0) is 13.1. The van der Waals surface area contributed by atoms with Gasteiger partial charge in [0.15, 0.2) is 0 Å². The first-order chi connectivity index (χ1) is 8.63. The van der Waals surface area contributed by atoms with Crippen molar-refractivity contribution in [3.05, 3.63) is 51.2 Å². The van der Waals surface area contributed by atoms with E-state index in [9.17, 15) is 0 Å². The predicted octanol–water partition coefficient (Wildman–Crippen LogP) is 3.76. The molecular weight excluding hydrogens is 314 g/mol. The number of nitrogens with zero attached hydrogens (tertiary/aromatic N) is 2. The van der Waals surface area contributed by atoms with E-state index >= 15 is 0 Å². The molecule has 0 spiro atoms. The Bertz CT molecular complexity index is 539. The second kappa shape index (κ2) is 5.87. The van der Waals surface area contributed by atoms with Gasteiger partial charge >= 0.3 is 0 Å². The third-order valence-corrected chi connectivity index (χ3v) is 3.62. The van der Waals surface area contributed by atoms with Crippen LogP contribution in [0.4, 0.5) is 0 Å². The van der Waals surface area contributed by atoms with Gasteiger partial charge in [0.25, 0.3) is 0 Å². The summed E-state index contributed by atoms with van der Waals surface area (Å²) in [5, 5.41) is 4.95. The summed E-state index contributed by atoms with van der Waals surface area (Å²) >= 11 is 9.62. The van der Waals surface area contributed by atoms with Crippen molar-refractivity contribution in [3.63, 3.8) is 0 Å². The Hall–Kier alpha value is -0.840. The molecule has 96 valence electrons. The lowest BCUT2D eigenvalue weighted by Crippen LogP contribution is -2.18. The molecule has 0 fully saturated rings. The molecule has 1 unspecified atom stereocenters. The van der Waals surface area contributed by atoms with Gasteiger partial charge < -0.3 is 5.73 Å². The molecule has 1 atom stereocenters. The van der Waals surface area contributed by atoms with Crippen molar-refractivity contribution in [1.82, 2.24) is 9.78 Å². The van der Waals surface area contributed by atoms with Gasteiger partial charge in [0.1, 0.15) is 0 Å². The highest BCUT2D eigenvalue weighted by Crippen LogP contribution is 2.28. The van der Waals surface area contributed by atoms with Crippen LogP contribution in [0.2, 0.25) is 5.02 Å². The molecule has 0 saturated heterocycles. The molecule has 18 heavy (non-hydrogen) atoms. The van der Waals surface area contributed by atoms with E-state index in [-0.39, 0.29) is 6.04 Å². The highest BCUT2D eigenvalue weighted by Gasteiger charge is 2.16. The number of hydrogen-bond donors (Lipinski definition) is 1. The van der Waals surface area contributed by atoms with Crippen LogP contribution in [0, 0.1) is 0 Å². The Morgan fingerprint density at radius 1 is 1.44 bits per heavy atom. The summed E-state index contributed by atoms with van der Waals surface area (Å²) in [6.07, 6.45) is 2.80. The molecule has 0 radical (unpaired) electrons. The largest absolute Gasteiger partial charge is 0.319 e. The van der Waals surface area contributed by atoms with Crippen molar-refractivity contribution in [2.45, 2.75) is 25.9 Å². The van der Waals surface area contributed by atoms with Crippen molar-refractivity contribution in [1.29, 1.82) is 0 Å². The minimum Gasteiger partial charge on any atom is -0.319 e. The molecule has 1 aromatic heterocycles.